The summed E-state index contributed by atoms with van der Waals surface area (Å²) in [6, 6.07) is 0. The molecule has 1 aliphatic rings. The summed E-state index contributed by atoms with van der Waals surface area (Å²) in [5.41, 5.74) is 0. The Morgan fingerprint density at radius 3 is 2.29 bits per heavy atom. The van der Waals surface area contributed by atoms with Gasteiger partial charge in [-0.1, -0.05) is 13.3 Å². The van der Waals surface area contributed by atoms with Crippen LogP contribution in [0.25, 0.3) is 0 Å². The van der Waals surface area contributed by atoms with Crippen LogP contribution in [0.2, 0.25) is 0 Å². The van der Waals surface area contributed by atoms with Gasteiger partial charge in [-0.05, 0) is 18.8 Å². The summed E-state index contributed by atoms with van der Waals surface area (Å²) in [5, 5.41) is 8.91. The van der Waals surface area contributed by atoms with Crippen LogP contribution in [-0.2, 0) is 0 Å². The van der Waals surface area contributed by atoms with Crippen molar-refractivity contribution in [3.8, 4) is 0 Å². The van der Waals surface area contributed by atoms with Crippen molar-refractivity contribution in [2.75, 3.05) is 0 Å². The summed E-state index contributed by atoms with van der Waals surface area (Å²) in [4.78, 5) is 0. The van der Waals surface area contributed by atoms with Gasteiger partial charge in [-0.25, -0.2) is 0 Å². The minimum absolute atomic E-state index is 0.0463. The van der Waals surface area contributed by atoms with Crippen LogP contribution in [0.5, 0.6) is 0 Å². The van der Waals surface area contributed by atoms with Gasteiger partial charge in [-0.3, -0.25) is 0 Å². The first kappa shape index (κ1) is 5.10. The van der Waals surface area contributed by atoms with Gasteiger partial charge in [0.2, 0.25) is 0 Å². The second-order valence-electron chi connectivity index (χ2n) is 2.31. The highest BCUT2D eigenvalue weighted by Crippen LogP contribution is 2.29. The monoisotopic (exact) mass is 100 g/mol. The van der Waals surface area contributed by atoms with Crippen molar-refractivity contribution in [3.63, 3.8) is 0 Å². The molecule has 42 valence electrons. The molecule has 0 aliphatic heterocycles. The molecule has 0 amide bonds. The van der Waals surface area contributed by atoms with Crippen LogP contribution in [0.3, 0.4) is 0 Å². The molecule has 1 heteroatoms. The second kappa shape index (κ2) is 1.83. The first-order chi connectivity index (χ1) is 3.34. The summed E-state index contributed by atoms with van der Waals surface area (Å²) in [7, 11) is 0. The lowest BCUT2D eigenvalue weighted by molar-refractivity contribution is 0.0222. The van der Waals surface area contributed by atoms with Crippen molar-refractivity contribution in [2.45, 2.75) is 32.3 Å². The lowest BCUT2D eigenvalue weighted by Gasteiger charge is -2.30. The lowest BCUT2D eigenvalue weighted by Crippen LogP contribution is -2.30. The minimum atomic E-state index is 0.0463. The van der Waals surface area contributed by atoms with Gasteiger partial charge in [0.15, 0.2) is 0 Å². The molecule has 0 heterocycles. The molecule has 7 heavy (non-hydrogen) atoms. The molecule has 1 saturated carbocycles. The summed E-state index contributed by atoms with van der Waals surface area (Å²) in [6.07, 6.45) is 3.49. The fourth-order valence-corrected chi connectivity index (χ4v) is 1.03. The SMILES string of the molecule is CC[C@H]1CC[C@H]1O. The van der Waals surface area contributed by atoms with E-state index >= 15 is 0 Å². The lowest BCUT2D eigenvalue weighted by atomic mass is 9.80. The predicted molar refractivity (Wildman–Crippen MR) is 29.0 cm³/mol. The minimum Gasteiger partial charge on any atom is -0.393 e. The first-order valence-corrected chi connectivity index (χ1v) is 3.02. The van der Waals surface area contributed by atoms with Gasteiger partial charge in [0.25, 0.3) is 0 Å². The average Bonchev–Trinajstić information content (AvgIpc) is 1.65. The van der Waals surface area contributed by atoms with Gasteiger partial charge in [0.1, 0.15) is 0 Å². The van der Waals surface area contributed by atoms with E-state index in [-0.39, 0.29) is 6.10 Å². The van der Waals surface area contributed by atoms with Gasteiger partial charge >= 0.3 is 0 Å². The second-order valence-corrected chi connectivity index (χ2v) is 2.31. The zero-order chi connectivity index (χ0) is 5.28. The highest BCUT2D eigenvalue weighted by Gasteiger charge is 2.26. The van der Waals surface area contributed by atoms with E-state index in [0.717, 1.165) is 12.8 Å². The zero-order valence-corrected chi connectivity index (χ0v) is 4.72. The van der Waals surface area contributed by atoms with E-state index in [1.54, 1.807) is 0 Å². The Bertz CT molecular complexity index is 59.2. The van der Waals surface area contributed by atoms with E-state index < -0.39 is 0 Å². The molecule has 1 aliphatic carbocycles. The zero-order valence-electron chi connectivity index (χ0n) is 4.72. The average molecular weight is 100 g/mol. The molecule has 0 aromatic rings. The third kappa shape index (κ3) is 0.778. The van der Waals surface area contributed by atoms with Crippen molar-refractivity contribution < 1.29 is 5.11 Å². The quantitative estimate of drug-likeness (QED) is 0.524. The molecule has 0 saturated heterocycles. The number of aliphatic hydroxyl groups is 1. The topological polar surface area (TPSA) is 20.2 Å². The van der Waals surface area contributed by atoms with Crippen LogP contribution in [0.15, 0.2) is 0 Å². The van der Waals surface area contributed by atoms with E-state index in [1.165, 1.54) is 6.42 Å². The largest absolute Gasteiger partial charge is 0.393 e. The van der Waals surface area contributed by atoms with E-state index in [2.05, 4.69) is 6.92 Å². The number of rotatable bonds is 1. The van der Waals surface area contributed by atoms with Crippen LogP contribution in [0.4, 0.5) is 0 Å². The fraction of sp³-hybridized carbons (Fsp3) is 1.00. The molecule has 0 bridgehead atoms. The van der Waals surface area contributed by atoms with Crippen molar-refractivity contribution in [2.24, 2.45) is 5.92 Å². The van der Waals surface area contributed by atoms with E-state index in [1.807, 2.05) is 0 Å². The molecule has 0 aromatic heterocycles. The van der Waals surface area contributed by atoms with E-state index in [9.17, 15) is 0 Å². The Balaban J connectivity index is 2.16. The molecule has 2 atom stereocenters. The van der Waals surface area contributed by atoms with Crippen LogP contribution in [0, 0.1) is 5.92 Å². The Labute approximate surface area is 44.4 Å². The van der Waals surface area contributed by atoms with Crippen molar-refractivity contribution in [3.05, 3.63) is 0 Å². The maximum atomic E-state index is 8.91. The summed E-state index contributed by atoms with van der Waals surface area (Å²) in [6.45, 7) is 2.13. The third-order valence-electron chi connectivity index (χ3n) is 1.90. The molecule has 1 N–H and O–H groups in total. The molecule has 0 unspecified atom stereocenters. The van der Waals surface area contributed by atoms with E-state index in [4.69, 9.17) is 5.11 Å². The van der Waals surface area contributed by atoms with Crippen molar-refractivity contribution >= 4 is 0 Å². The molecule has 1 fully saturated rings. The maximum Gasteiger partial charge on any atom is 0.0568 e. The van der Waals surface area contributed by atoms with Crippen LogP contribution in [-0.4, -0.2) is 11.2 Å². The van der Waals surface area contributed by atoms with Gasteiger partial charge in [-0.2, -0.15) is 0 Å². The Kier molecular flexibility index (Phi) is 1.33. The predicted octanol–water partition coefficient (Wildman–Crippen LogP) is 1.17. The van der Waals surface area contributed by atoms with Crippen molar-refractivity contribution in [1.82, 2.24) is 0 Å². The van der Waals surface area contributed by atoms with Crippen LogP contribution in [0.1, 0.15) is 26.2 Å². The maximum absolute atomic E-state index is 8.91. The number of hydrogen-bond donors (Lipinski definition) is 1. The number of aliphatic hydroxyl groups excluding tert-OH is 1. The van der Waals surface area contributed by atoms with E-state index in [0.29, 0.717) is 5.92 Å². The van der Waals surface area contributed by atoms with Gasteiger partial charge in [0.05, 0.1) is 6.10 Å². The van der Waals surface area contributed by atoms with Gasteiger partial charge < -0.3 is 5.11 Å². The molecular weight excluding hydrogens is 88.1 g/mol. The summed E-state index contributed by atoms with van der Waals surface area (Å²) < 4.78 is 0. The molecular formula is C6H12O. The molecule has 0 aromatic carbocycles. The third-order valence-corrected chi connectivity index (χ3v) is 1.90. The highest BCUT2D eigenvalue weighted by atomic mass is 16.3. The van der Waals surface area contributed by atoms with Crippen LogP contribution >= 0.6 is 0 Å². The Hall–Kier alpha value is -0.0400. The smallest absolute Gasteiger partial charge is 0.0568 e. The van der Waals surface area contributed by atoms with Crippen LogP contribution < -0.4 is 0 Å². The normalized spacial score (nSPS) is 40.3. The Morgan fingerprint density at radius 1 is 1.57 bits per heavy atom. The Morgan fingerprint density at radius 2 is 2.29 bits per heavy atom. The fourth-order valence-electron chi connectivity index (χ4n) is 1.03. The van der Waals surface area contributed by atoms with Crippen molar-refractivity contribution in [1.29, 1.82) is 0 Å². The molecule has 1 rings (SSSR count). The number of hydrogen-bond acceptors (Lipinski definition) is 1. The highest BCUT2D eigenvalue weighted by molar-refractivity contribution is 4.77. The molecule has 0 spiro atoms. The van der Waals surface area contributed by atoms with Gasteiger partial charge in [0, 0.05) is 0 Å². The standard InChI is InChI=1S/C6H12O/c1-2-5-3-4-6(5)7/h5-7H,2-4H2,1H3/t5-,6+/m0/s1. The first-order valence-electron chi connectivity index (χ1n) is 3.02. The van der Waals surface area contributed by atoms with Gasteiger partial charge in [-0.15, -0.1) is 0 Å². The summed E-state index contributed by atoms with van der Waals surface area (Å²) >= 11 is 0. The molecule has 0 radical (unpaired) electrons. The summed E-state index contributed by atoms with van der Waals surface area (Å²) in [5.74, 6) is 0.639. The molecule has 1 nitrogen and oxygen atoms in total.